The molecule has 1 aromatic carbocycles. The molecule has 1 aromatic rings. The summed E-state index contributed by atoms with van der Waals surface area (Å²) in [4.78, 5) is 0. The van der Waals surface area contributed by atoms with E-state index < -0.39 is 0 Å². The van der Waals surface area contributed by atoms with Gasteiger partial charge in [0, 0.05) is 0 Å². The summed E-state index contributed by atoms with van der Waals surface area (Å²) in [7, 11) is 0. The predicted molar refractivity (Wildman–Crippen MR) is 105 cm³/mol. The van der Waals surface area contributed by atoms with E-state index in [0.29, 0.717) is 0 Å². The predicted octanol–water partition coefficient (Wildman–Crippen LogP) is 7.21. The lowest BCUT2D eigenvalue weighted by molar-refractivity contribution is 0.617. The van der Waals surface area contributed by atoms with Crippen LogP contribution in [0.3, 0.4) is 0 Å². The van der Waals surface area contributed by atoms with E-state index in [1.165, 1.54) is 56.1 Å². The fourth-order valence-corrected chi connectivity index (χ4v) is 2.64. The Morgan fingerprint density at radius 1 is 0.739 bits per heavy atom. The number of rotatable bonds is 13. The van der Waals surface area contributed by atoms with Crippen LogP contribution in [0.5, 0.6) is 0 Å². The van der Waals surface area contributed by atoms with Crippen molar-refractivity contribution in [2.75, 3.05) is 0 Å². The Balaban J connectivity index is 1.93. The molecule has 0 atom stereocenters. The molecule has 0 nitrogen and oxygen atoms in total. The van der Waals surface area contributed by atoms with Crippen LogP contribution >= 0.6 is 0 Å². The van der Waals surface area contributed by atoms with Gasteiger partial charge in [0.15, 0.2) is 0 Å². The Labute approximate surface area is 144 Å². The van der Waals surface area contributed by atoms with Crippen LogP contribution in [0.15, 0.2) is 61.2 Å². The van der Waals surface area contributed by atoms with Gasteiger partial charge in [-0.25, -0.2) is 0 Å². The molecule has 126 valence electrons. The highest BCUT2D eigenvalue weighted by Gasteiger charge is 1.95. The van der Waals surface area contributed by atoms with E-state index in [9.17, 15) is 0 Å². The van der Waals surface area contributed by atoms with Crippen LogP contribution in [0.4, 0.5) is 0 Å². The Bertz CT molecular complexity index is 447. The molecule has 0 fully saturated rings. The molecule has 0 heterocycles. The van der Waals surface area contributed by atoms with Gasteiger partial charge in [0.05, 0.1) is 0 Å². The molecule has 0 N–H and O–H groups in total. The van der Waals surface area contributed by atoms with Crippen molar-refractivity contribution in [2.45, 2.75) is 71.1 Å². The maximum absolute atomic E-state index is 3.70. The van der Waals surface area contributed by atoms with Crippen LogP contribution in [-0.4, -0.2) is 0 Å². The van der Waals surface area contributed by atoms with Gasteiger partial charge in [0.25, 0.3) is 0 Å². The normalized spacial score (nSPS) is 11.5. The summed E-state index contributed by atoms with van der Waals surface area (Å²) >= 11 is 0. The van der Waals surface area contributed by atoms with Crippen molar-refractivity contribution in [1.82, 2.24) is 0 Å². The van der Waals surface area contributed by atoms with Crippen molar-refractivity contribution in [3.05, 3.63) is 72.4 Å². The minimum Gasteiger partial charge on any atom is -0.103 e. The summed E-state index contributed by atoms with van der Waals surface area (Å²) in [5, 5.41) is 0. The van der Waals surface area contributed by atoms with E-state index >= 15 is 0 Å². The van der Waals surface area contributed by atoms with Crippen LogP contribution in [0.25, 0.3) is 0 Å². The number of unbranched alkanes of at least 4 members (excludes halogenated alkanes) is 5. The van der Waals surface area contributed by atoms with Gasteiger partial charge in [0.1, 0.15) is 0 Å². The highest BCUT2D eigenvalue weighted by molar-refractivity contribution is 5.22. The third-order valence-corrected chi connectivity index (χ3v) is 4.18. The zero-order valence-electron chi connectivity index (χ0n) is 15.0. The lowest BCUT2D eigenvalue weighted by Gasteiger charge is -2.03. The molecule has 0 spiro atoms. The van der Waals surface area contributed by atoms with Crippen LogP contribution in [0.1, 0.15) is 69.4 Å². The molecule has 0 aliphatic heterocycles. The van der Waals surface area contributed by atoms with Gasteiger partial charge in [-0.05, 0) is 56.1 Å². The summed E-state index contributed by atoms with van der Waals surface area (Å²) in [5.74, 6) is 0. The number of hydrogen-bond acceptors (Lipinski definition) is 0. The van der Waals surface area contributed by atoms with E-state index in [1.807, 2.05) is 6.08 Å². The van der Waals surface area contributed by atoms with Crippen LogP contribution < -0.4 is 0 Å². The second kappa shape index (κ2) is 14.1. The first-order valence-corrected chi connectivity index (χ1v) is 9.35. The highest BCUT2D eigenvalue weighted by atomic mass is 14.0. The molecule has 0 unspecified atom stereocenters. The molecule has 0 aromatic heterocycles. The quantitative estimate of drug-likeness (QED) is 0.267. The first kappa shape index (κ1) is 19.5. The largest absolute Gasteiger partial charge is 0.103 e. The van der Waals surface area contributed by atoms with Crippen molar-refractivity contribution in [1.29, 1.82) is 0 Å². The number of hydrogen-bond donors (Lipinski definition) is 0. The second-order valence-electron chi connectivity index (χ2n) is 6.18. The molecular weight excluding hydrogens is 276 g/mol. The molecule has 0 aliphatic carbocycles. The average Bonchev–Trinajstić information content (AvgIpc) is 2.59. The van der Waals surface area contributed by atoms with Crippen molar-refractivity contribution in [2.24, 2.45) is 0 Å². The Kier molecular flexibility index (Phi) is 11.9. The van der Waals surface area contributed by atoms with Gasteiger partial charge in [-0.1, -0.05) is 80.8 Å². The molecule has 0 saturated heterocycles. The van der Waals surface area contributed by atoms with Crippen LogP contribution in [0.2, 0.25) is 0 Å². The monoisotopic (exact) mass is 310 g/mol. The van der Waals surface area contributed by atoms with Gasteiger partial charge < -0.3 is 0 Å². The number of aryl methyl sites for hydroxylation is 2. The average molecular weight is 311 g/mol. The van der Waals surface area contributed by atoms with E-state index in [-0.39, 0.29) is 0 Å². The summed E-state index contributed by atoms with van der Waals surface area (Å²) in [6.07, 6.45) is 23.3. The van der Waals surface area contributed by atoms with Gasteiger partial charge >= 0.3 is 0 Å². The van der Waals surface area contributed by atoms with Gasteiger partial charge in [0.2, 0.25) is 0 Å². The molecule has 0 bridgehead atoms. The highest BCUT2D eigenvalue weighted by Crippen LogP contribution is 2.11. The van der Waals surface area contributed by atoms with Gasteiger partial charge in [-0.3, -0.25) is 0 Å². The minimum absolute atomic E-state index is 0.983. The summed E-state index contributed by atoms with van der Waals surface area (Å²) < 4.78 is 0. The molecule has 0 radical (unpaired) electrons. The Hall–Kier alpha value is -1.56. The summed E-state index contributed by atoms with van der Waals surface area (Å²) in [6, 6.07) is 9.14. The van der Waals surface area contributed by atoms with Crippen LogP contribution in [-0.2, 0) is 12.8 Å². The second-order valence-corrected chi connectivity index (χ2v) is 6.18. The number of allylic oxidation sites excluding steroid dienone is 5. The zero-order valence-corrected chi connectivity index (χ0v) is 15.0. The van der Waals surface area contributed by atoms with E-state index in [4.69, 9.17) is 0 Å². The van der Waals surface area contributed by atoms with E-state index in [0.717, 1.165) is 19.3 Å². The lowest BCUT2D eigenvalue weighted by atomic mass is 10.0. The van der Waals surface area contributed by atoms with Crippen LogP contribution in [0, 0.1) is 0 Å². The number of benzene rings is 1. The molecule has 23 heavy (non-hydrogen) atoms. The third-order valence-electron chi connectivity index (χ3n) is 4.18. The van der Waals surface area contributed by atoms with Crippen molar-refractivity contribution >= 4 is 0 Å². The standard InChI is InChI=1S/C23H34/c1-3-5-6-7-8-9-10-11-12-13-14-15-16-17-23-20-18-22(4-2)19-21-23/h3,6-7,9-10,18-21H,1,4-5,8,11-17H2,2H3/b7-6-,10-9-. The fraction of sp³-hybridized carbons (Fsp3) is 0.478. The van der Waals surface area contributed by atoms with Gasteiger partial charge in [-0.15, -0.1) is 6.58 Å². The smallest absolute Gasteiger partial charge is 0.0169 e. The fourth-order valence-electron chi connectivity index (χ4n) is 2.64. The molecule has 1 rings (SSSR count). The lowest BCUT2D eigenvalue weighted by Crippen LogP contribution is -1.87. The van der Waals surface area contributed by atoms with E-state index in [1.54, 1.807) is 0 Å². The Morgan fingerprint density at radius 3 is 2.09 bits per heavy atom. The van der Waals surface area contributed by atoms with Crippen molar-refractivity contribution in [3.8, 4) is 0 Å². The maximum atomic E-state index is 3.70. The minimum atomic E-state index is 0.983. The molecule has 0 saturated carbocycles. The molecular formula is C23H34. The SMILES string of the molecule is C=CC/C=C\C/C=C\CCCCCCCc1ccc(CC)cc1. The van der Waals surface area contributed by atoms with Gasteiger partial charge in [-0.2, -0.15) is 0 Å². The zero-order chi connectivity index (χ0) is 16.6. The van der Waals surface area contributed by atoms with Crippen molar-refractivity contribution < 1.29 is 0 Å². The topological polar surface area (TPSA) is 0 Å². The third kappa shape index (κ3) is 10.7. The molecule has 0 aliphatic rings. The molecule has 0 amide bonds. The van der Waals surface area contributed by atoms with Crippen molar-refractivity contribution in [3.63, 3.8) is 0 Å². The van der Waals surface area contributed by atoms with E-state index in [2.05, 4.69) is 62.1 Å². The summed E-state index contributed by atoms with van der Waals surface area (Å²) in [5.41, 5.74) is 2.94. The first-order chi connectivity index (χ1) is 11.4. The summed E-state index contributed by atoms with van der Waals surface area (Å²) in [6.45, 7) is 5.92. The maximum Gasteiger partial charge on any atom is -0.0169 e. The first-order valence-electron chi connectivity index (χ1n) is 9.35. The molecule has 0 heteroatoms. The Morgan fingerprint density at radius 2 is 1.35 bits per heavy atom.